The molecule has 3 aliphatic rings. The lowest BCUT2D eigenvalue weighted by molar-refractivity contribution is -0.384. The Balaban J connectivity index is 1.21. The first-order chi connectivity index (χ1) is 36.5. The zero-order valence-electron chi connectivity index (χ0n) is 45.7. The number of nitrogens with zero attached hydrogens (tertiary/aromatic N) is 2. The van der Waals surface area contributed by atoms with Crippen molar-refractivity contribution in [2.24, 2.45) is 11.3 Å². The average Bonchev–Trinajstić information content (AvgIpc) is 3.83. The normalized spacial score (nSPS) is 19.9. The van der Waals surface area contributed by atoms with E-state index in [1.54, 1.807) is 62.6 Å². The Morgan fingerprint density at radius 1 is 0.688 bits per heavy atom. The van der Waals surface area contributed by atoms with E-state index in [2.05, 4.69) is 47.9 Å². The monoisotopic (exact) mass is 1060 g/mol. The van der Waals surface area contributed by atoms with Crippen molar-refractivity contribution in [3.63, 3.8) is 0 Å². The standard InChI is InChI=1S/C56H77N11O10/c1-31(2)46(64-48(68)32(3)57-8)54(74)63-44(52(72)61-42-22-14-18-34-16-10-12-20-40(34)42)24-25-59-50(70)36-26-37(28-39(27-36)67(76)77)51(71)60-38-29-45(53(73)62-43-23-15-19-35-17-11-13-21-41(35)43)66(30-38)55(75)47(56(5,6)7)65-49(69)33(4)58-9/h10-13,16-17,20-21,26-28,31-33,38,42-47,57-58H,14-15,18-19,22-25,29-30H2,1-9H3,(H,59,70)(H,60,71)(H,61,72)(H,62,73)(H,63,74)(H,64,68)(H,65,69)/t32-,33-,38-,42+,43+,44-,45-,46-,47+/m0/s1. The molecule has 6 rings (SSSR count). The van der Waals surface area contributed by atoms with Gasteiger partial charge in [0.2, 0.25) is 35.4 Å². The summed E-state index contributed by atoms with van der Waals surface area (Å²) in [5.74, 6) is -4.96. The zero-order chi connectivity index (χ0) is 56.3. The smallest absolute Gasteiger partial charge is 0.271 e. The minimum absolute atomic E-state index is 0.0322. The van der Waals surface area contributed by atoms with Gasteiger partial charge in [0.05, 0.1) is 29.1 Å². The summed E-state index contributed by atoms with van der Waals surface area (Å²) in [6.07, 6.45) is 4.55. The highest BCUT2D eigenvalue weighted by Crippen LogP contribution is 2.33. The van der Waals surface area contributed by atoms with Crippen molar-refractivity contribution in [1.29, 1.82) is 0 Å². The van der Waals surface area contributed by atoms with Gasteiger partial charge >= 0.3 is 0 Å². The summed E-state index contributed by atoms with van der Waals surface area (Å²) < 4.78 is 0. The highest BCUT2D eigenvalue weighted by molar-refractivity contribution is 6.01. The highest BCUT2D eigenvalue weighted by atomic mass is 16.6. The fourth-order valence-electron chi connectivity index (χ4n) is 10.1. The molecule has 1 heterocycles. The minimum Gasteiger partial charge on any atom is -0.352 e. The Morgan fingerprint density at radius 3 is 1.78 bits per heavy atom. The number of fused-ring (bicyclic) bond motifs is 2. The number of nitro benzene ring substituents is 1. The topological polar surface area (TPSA) is 291 Å². The van der Waals surface area contributed by atoms with E-state index >= 15 is 0 Å². The van der Waals surface area contributed by atoms with E-state index in [0.29, 0.717) is 12.8 Å². The molecule has 416 valence electrons. The summed E-state index contributed by atoms with van der Waals surface area (Å²) in [4.78, 5) is 124. The van der Waals surface area contributed by atoms with Crippen LogP contribution in [0.5, 0.6) is 0 Å². The minimum atomic E-state index is -1.20. The van der Waals surface area contributed by atoms with Crippen LogP contribution >= 0.6 is 0 Å². The predicted octanol–water partition coefficient (Wildman–Crippen LogP) is 3.17. The number of benzene rings is 3. The van der Waals surface area contributed by atoms with Gasteiger partial charge in [-0.15, -0.1) is 0 Å². The summed E-state index contributed by atoms with van der Waals surface area (Å²) in [5.41, 5.74) is 2.28. The van der Waals surface area contributed by atoms with Gasteiger partial charge in [0.15, 0.2) is 0 Å². The fraction of sp³-hybridized carbons (Fsp3) is 0.536. The first-order valence-corrected chi connectivity index (χ1v) is 26.7. The molecule has 21 heteroatoms. The summed E-state index contributed by atoms with van der Waals surface area (Å²) in [6, 6.07) is 11.7. The van der Waals surface area contributed by atoms with Crippen LogP contribution < -0.4 is 47.9 Å². The summed E-state index contributed by atoms with van der Waals surface area (Å²) >= 11 is 0. The summed E-state index contributed by atoms with van der Waals surface area (Å²) in [6.45, 7) is 11.8. The van der Waals surface area contributed by atoms with Crippen molar-refractivity contribution in [2.75, 3.05) is 27.2 Å². The Morgan fingerprint density at radius 2 is 1.23 bits per heavy atom. The lowest BCUT2D eigenvalue weighted by Crippen LogP contribution is -2.59. The van der Waals surface area contributed by atoms with Gasteiger partial charge in [0.1, 0.15) is 24.2 Å². The Hall–Kier alpha value is -7.26. The third kappa shape index (κ3) is 15.0. The number of carbonyl (C=O) groups excluding carboxylic acids is 8. The molecule has 3 aromatic carbocycles. The van der Waals surface area contributed by atoms with E-state index in [1.165, 1.54) is 11.0 Å². The third-order valence-corrected chi connectivity index (χ3v) is 14.9. The number of hydrogen-bond acceptors (Lipinski definition) is 12. The van der Waals surface area contributed by atoms with Crippen LogP contribution in [0.15, 0.2) is 66.7 Å². The number of non-ortho nitro benzene ring substituents is 1. The number of carbonyl (C=O) groups is 8. The van der Waals surface area contributed by atoms with E-state index in [0.717, 1.165) is 60.1 Å². The van der Waals surface area contributed by atoms with Gasteiger partial charge in [-0.25, -0.2) is 0 Å². The first kappa shape index (κ1) is 59.0. The molecule has 77 heavy (non-hydrogen) atoms. The number of amides is 8. The number of aryl methyl sites for hydroxylation is 2. The molecule has 1 fully saturated rings. The fourth-order valence-corrected chi connectivity index (χ4v) is 10.1. The lowest BCUT2D eigenvalue weighted by atomic mass is 9.85. The van der Waals surface area contributed by atoms with Gasteiger partial charge in [0, 0.05) is 42.4 Å². The molecule has 21 nitrogen and oxygen atoms in total. The van der Waals surface area contributed by atoms with Crippen molar-refractivity contribution in [3.8, 4) is 0 Å². The Kier molecular flexibility index (Phi) is 20.1. The van der Waals surface area contributed by atoms with Crippen LogP contribution in [-0.4, -0.2) is 127 Å². The number of rotatable bonds is 21. The molecule has 9 N–H and O–H groups in total. The van der Waals surface area contributed by atoms with E-state index in [-0.39, 0.29) is 55.1 Å². The van der Waals surface area contributed by atoms with E-state index in [4.69, 9.17) is 0 Å². The maximum absolute atomic E-state index is 14.7. The van der Waals surface area contributed by atoms with Crippen LogP contribution in [0.1, 0.15) is 142 Å². The lowest BCUT2D eigenvalue weighted by Gasteiger charge is -2.36. The van der Waals surface area contributed by atoms with Crippen molar-refractivity contribution in [2.45, 2.75) is 154 Å². The molecule has 0 unspecified atom stereocenters. The quantitative estimate of drug-likeness (QED) is 0.0550. The maximum atomic E-state index is 14.7. The van der Waals surface area contributed by atoms with Gasteiger partial charge in [-0.3, -0.25) is 48.5 Å². The second-order valence-corrected chi connectivity index (χ2v) is 21.9. The molecular weight excluding hydrogens is 987 g/mol. The van der Waals surface area contributed by atoms with Crippen molar-refractivity contribution in [1.82, 2.24) is 52.8 Å². The zero-order valence-corrected chi connectivity index (χ0v) is 45.7. The molecule has 0 radical (unpaired) electrons. The Labute approximate surface area is 450 Å². The van der Waals surface area contributed by atoms with E-state index in [9.17, 15) is 48.5 Å². The van der Waals surface area contributed by atoms with Crippen LogP contribution in [0.3, 0.4) is 0 Å². The van der Waals surface area contributed by atoms with Gasteiger partial charge in [-0.2, -0.15) is 0 Å². The Bertz CT molecular complexity index is 2690. The molecule has 0 aromatic heterocycles. The predicted molar refractivity (Wildman–Crippen MR) is 289 cm³/mol. The third-order valence-electron chi connectivity index (χ3n) is 14.9. The molecule has 3 aromatic rings. The second-order valence-electron chi connectivity index (χ2n) is 21.9. The number of likely N-dealkylation sites (tertiary alicyclic amines) is 1. The number of nitrogens with one attached hydrogen (secondary N) is 9. The van der Waals surface area contributed by atoms with Crippen LogP contribution in [0.25, 0.3) is 0 Å². The molecule has 2 aliphatic carbocycles. The van der Waals surface area contributed by atoms with Crippen molar-refractivity contribution < 1.29 is 43.3 Å². The maximum Gasteiger partial charge on any atom is 0.271 e. The number of hydrogen-bond donors (Lipinski definition) is 9. The SMILES string of the molecule is CN[C@@H](C)C(=O)N[C@H](C(=O)N[C@@H](CCNC(=O)c1cc(C(=O)N[C@H]2C[C@@H](C(=O)N[C@@H]3CCCc4ccccc43)N(C(=O)[C@@H](NC(=O)[C@H](C)NC)C(C)(C)C)C2)cc([N+](=O)[O-])c1)C(=O)N[C@@H]1CCCc2ccccc21)C(C)C. The van der Waals surface area contributed by atoms with Gasteiger partial charge in [-0.05, 0) is 119 Å². The van der Waals surface area contributed by atoms with E-state index in [1.807, 2.05) is 48.5 Å². The first-order valence-electron chi connectivity index (χ1n) is 26.7. The van der Waals surface area contributed by atoms with Gasteiger partial charge < -0.3 is 52.8 Å². The molecule has 8 amide bonds. The van der Waals surface area contributed by atoms with Gasteiger partial charge in [-0.1, -0.05) is 83.1 Å². The molecular formula is C56H77N11O10. The van der Waals surface area contributed by atoms with Crippen molar-refractivity contribution in [3.05, 3.63) is 110 Å². The highest BCUT2D eigenvalue weighted by Gasteiger charge is 2.46. The molecule has 0 bridgehead atoms. The molecule has 9 atom stereocenters. The summed E-state index contributed by atoms with van der Waals surface area (Å²) in [5, 5.41) is 38.2. The average molecular weight is 1060 g/mol. The summed E-state index contributed by atoms with van der Waals surface area (Å²) in [7, 11) is 3.23. The second kappa shape index (κ2) is 26.2. The number of nitro groups is 1. The largest absolute Gasteiger partial charge is 0.352 e. The van der Waals surface area contributed by atoms with Gasteiger partial charge in [0.25, 0.3) is 17.5 Å². The van der Waals surface area contributed by atoms with Crippen LogP contribution in [0.2, 0.25) is 0 Å². The molecule has 1 aliphatic heterocycles. The van der Waals surface area contributed by atoms with Crippen LogP contribution in [-0.2, 0) is 41.6 Å². The molecule has 1 saturated heterocycles. The number of likely N-dealkylation sites (N-methyl/N-ethyl adjacent to an activating group) is 2. The molecule has 0 spiro atoms. The van der Waals surface area contributed by atoms with Crippen LogP contribution in [0.4, 0.5) is 5.69 Å². The molecule has 0 saturated carbocycles. The van der Waals surface area contributed by atoms with Crippen LogP contribution in [0, 0.1) is 21.4 Å². The van der Waals surface area contributed by atoms with E-state index < -0.39 is 106 Å². The van der Waals surface area contributed by atoms with Crippen molar-refractivity contribution >= 4 is 52.9 Å².